The highest BCUT2D eigenvalue weighted by Crippen LogP contribution is 2.28. The number of nitrogens with zero attached hydrogens (tertiary/aromatic N) is 2. The van der Waals surface area contributed by atoms with Gasteiger partial charge in [0.25, 0.3) is 11.1 Å². The summed E-state index contributed by atoms with van der Waals surface area (Å²) in [4.78, 5) is 12.4. The molecule has 0 atom stereocenters. The molecule has 3 rings (SSSR count). The maximum atomic E-state index is 12.4. The summed E-state index contributed by atoms with van der Waals surface area (Å²) in [6.45, 7) is 3.75. The second kappa shape index (κ2) is 6.92. The molecule has 0 saturated heterocycles. The maximum Gasteiger partial charge on any atom is 0.277 e. The molecule has 6 nitrogen and oxygen atoms in total. The number of ketones is 1. The van der Waals surface area contributed by atoms with Crippen LogP contribution in [0.5, 0.6) is 5.75 Å². The van der Waals surface area contributed by atoms with Gasteiger partial charge >= 0.3 is 0 Å². The molecule has 124 valence electrons. The molecule has 24 heavy (non-hydrogen) atoms. The number of aryl methyl sites for hydroxylation is 2. The van der Waals surface area contributed by atoms with E-state index in [4.69, 9.17) is 13.6 Å². The second-order valence-electron chi connectivity index (χ2n) is 5.18. The van der Waals surface area contributed by atoms with Crippen LogP contribution in [0.1, 0.15) is 21.7 Å². The summed E-state index contributed by atoms with van der Waals surface area (Å²) in [6, 6.07) is 7.27. The Bertz CT molecular complexity index is 869. The SMILES string of the molecule is COc1ccc(C)cc1C(=O)CSc1nnc(-c2ccoc2C)o1. The van der Waals surface area contributed by atoms with E-state index in [1.807, 2.05) is 26.0 Å². The molecule has 0 radical (unpaired) electrons. The molecule has 3 aromatic rings. The fourth-order valence-electron chi connectivity index (χ4n) is 2.23. The van der Waals surface area contributed by atoms with Gasteiger partial charge in [0.1, 0.15) is 11.5 Å². The van der Waals surface area contributed by atoms with Crippen molar-refractivity contribution < 1.29 is 18.4 Å². The van der Waals surface area contributed by atoms with Gasteiger partial charge in [-0.25, -0.2) is 0 Å². The Morgan fingerprint density at radius 1 is 1.25 bits per heavy atom. The van der Waals surface area contributed by atoms with Crippen molar-refractivity contribution in [2.24, 2.45) is 0 Å². The topological polar surface area (TPSA) is 78.4 Å². The average Bonchev–Trinajstić information content (AvgIpc) is 3.21. The fraction of sp³-hybridized carbons (Fsp3) is 0.235. The van der Waals surface area contributed by atoms with Crippen molar-refractivity contribution in [3.63, 3.8) is 0 Å². The molecule has 0 spiro atoms. The van der Waals surface area contributed by atoms with Crippen LogP contribution in [0.4, 0.5) is 0 Å². The molecule has 0 fully saturated rings. The Balaban J connectivity index is 1.70. The Hall–Kier alpha value is -2.54. The van der Waals surface area contributed by atoms with Crippen LogP contribution < -0.4 is 4.74 Å². The number of hydrogen-bond donors (Lipinski definition) is 0. The molecule has 0 bridgehead atoms. The molecule has 2 aromatic heterocycles. The van der Waals surface area contributed by atoms with Crippen LogP contribution in [0.2, 0.25) is 0 Å². The van der Waals surface area contributed by atoms with Crippen LogP contribution in [0.3, 0.4) is 0 Å². The van der Waals surface area contributed by atoms with E-state index in [1.54, 1.807) is 25.5 Å². The molecule has 0 aliphatic heterocycles. The summed E-state index contributed by atoms with van der Waals surface area (Å²) in [5, 5.41) is 8.28. The van der Waals surface area contributed by atoms with E-state index in [1.165, 1.54) is 11.8 Å². The predicted molar refractivity (Wildman–Crippen MR) is 89.5 cm³/mol. The number of carbonyl (C=O) groups is 1. The molecule has 0 aliphatic carbocycles. The Labute approximate surface area is 143 Å². The molecule has 0 saturated carbocycles. The first-order chi connectivity index (χ1) is 11.6. The molecular weight excluding hydrogens is 328 g/mol. The quantitative estimate of drug-likeness (QED) is 0.495. The van der Waals surface area contributed by atoms with E-state index >= 15 is 0 Å². The van der Waals surface area contributed by atoms with Gasteiger partial charge in [-0.15, -0.1) is 10.2 Å². The predicted octanol–water partition coefficient (Wildman–Crippen LogP) is 3.93. The van der Waals surface area contributed by atoms with Crippen molar-refractivity contribution in [1.82, 2.24) is 10.2 Å². The zero-order chi connectivity index (χ0) is 17.1. The summed E-state index contributed by atoms with van der Waals surface area (Å²) in [5.74, 6) is 1.78. The van der Waals surface area contributed by atoms with Crippen molar-refractivity contribution >= 4 is 17.5 Å². The lowest BCUT2D eigenvalue weighted by Crippen LogP contribution is -2.05. The highest BCUT2D eigenvalue weighted by atomic mass is 32.2. The molecule has 2 heterocycles. The van der Waals surface area contributed by atoms with Gasteiger partial charge in [0.05, 0.1) is 30.3 Å². The summed E-state index contributed by atoms with van der Waals surface area (Å²) in [5.41, 5.74) is 2.30. The summed E-state index contributed by atoms with van der Waals surface area (Å²) in [6.07, 6.45) is 1.56. The molecular formula is C17H16N2O4S. The van der Waals surface area contributed by atoms with Crippen LogP contribution in [0.15, 0.2) is 44.6 Å². The van der Waals surface area contributed by atoms with Gasteiger partial charge in [0, 0.05) is 0 Å². The zero-order valence-electron chi connectivity index (χ0n) is 13.5. The molecule has 0 N–H and O–H groups in total. The lowest BCUT2D eigenvalue weighted by molar-refractivity contribution is 0.101. The van der Waals surface area contributed by atoms with Crippen molar-refractivity contribution in [3.8, 4) is 17.2 Å². The Morgan fingerprint density at radius 2 is 2.08 bits per heavy atom. The number of thioether (sulfide) groups is 1. The van der Waals surface area contributed by atoms with Crippen molar-refractivity contribution in [3.05, 3.63) is 47.4 Å². The third-order valence-electron chi connectivity index (χ3n) is 3.48. The minimum Gasteiger partial charge on any atom is -0.496 e. The molecule has 0 aliphatic rings. The standard InChI is InChI=1S/C17H16N2O4S/c1-10-4-5-15(21-3)13(8-10)14(20)9-24-17-19-18-16(23-17)12-6-7-22-11(12)2/h4-8H,9H2,1-3H3. The number of Topliss-reactive ketones (excluding diaryl/α,β-unsaturated/α-hetero) is 1. The third-order valence-corrected chi connectivity index (χ3v) is 4.30. The van der Waals surface area contributed by atoms with E-state index < -0.39 is 0 Å². The van der Waals surface area contributed by atoms with Crippen LogP contribution in [-0.4, -0.2) is 28.8 Å². The van der Waals surface area contributed by atoms with Crippen molar-refractivity contribution in [2.45, 2.75) is 19.1 Å². The number of furan rings is 1. The lowest BCUT2D eigenvalue weighted by atomic mass is 10.1. The fourth-order valence-corrected chi connectivity index (χ4v) is 2.88. The van der Waals surface area contributed by atoms with Crippen LogP contribution in [-0.2, 0) is 0 Å². The first-order valence-corrected chi connectivity index (χ1v) is 8.25. The number of ether oxygens (including phenoxy) is 1. The number of aromatic nitrogens is 2. The molecule has 7 heteroatoms. The third kappa shape index (κ3) is 3.35. The van der Waals surface area contributed by atoms with Gasteiger partial charge in [-0.1, -0.05) is 23.4 Å². The van der Waals surface area contributed by atoms with E-state index in [2.05, 4.69) is 10.2 Å². The highest BCUT2D eigenvalue weighted by Gasteiger charge is 2.17. The number of methoxy groups -OCH3 is 1. The van der Waals surface area contributed by atoms with E-state index in [9.17, 15) is 4.79 Å². The number of hydrogen-bond acceptors (Lipinski definition) is 7. The van der Waals surface area contributed by atoms with E-state index in [0.29, 0.717) is 28.2 Å². The number of benzene rings is 1. The smallest absolute Gasteiger partial charge is 0.277 e. The monoisotopic (exact) mass is 344 g/mol. The first-order valence-electron chi connectivity index (χ1n) is 7.27. The first kappa shape index (κ1) is 16.3. The molecule has 1 aromatic carbocycles. The largest absolute Gasteiger partial charge is 0.496 e. The zero-order valence-corrected chi connectivity index (χ0v) is 14.3. The van der Waals surface area contributed by atoms with Gasteiger partial charge < -0.3 is 13.6 Å². The minimum atomic E-state index is -0.0557. The van der Waals surface area contributed by atoms with Gasteiger partial charge in [-0.3, -0.25) is 4.79 Å². The van der Waals surface area contributed by atoms with E-state index in [0.717, 1.165) is 11.1 Å². The van der Waals surface area contributed by atoms with Crippen molar-refractivity contribution in [2.75, 3.05) is 12.9 Å². The van der Waals surface area contributed by atoms with Gasteiger partial charge in [0.15, 0.2) is 5.78 Å². The van der Waals surface area contributed by atoms with Gasteiger partial charge in [-0.2, -0.15) is 0 Å². The van der Waals surface area contributed by atoms with Crippen molar-refractivity contribution in [1.29, 1.82) is 0 Å². The summed E-state index contributed by atoms with van der Waals surface area (Å²) < 4.78 is 16.0. The minimum absolute atomic E-state index is 0.0557. The van der Waals surface area contributed by atoms with Crippen LogP contribution in [0, 0.1) is 13.8 Å². The molecule has 0 unspecified atom stereocenters. The van der Waals surface area contributed by atoms with Crippen LogP contribution in [0.25, 0.3) is 11.5 Å². The summed E-state index contributed by atoms with van der Waals surface area (Å²) in [7, 11) is 1.55. The van der Waals surface area contributed by atoms with E-state index in [-0.39, 0.29) is 11.5 Å². The Kier molecular flexibility index (Phi) is 4.71. The maximum absolute atomic E-state index is 12.4. The highest BCUT2D eigenvalue weighted by molar-refractivity contribution is 7.99. The van der Waals surface area contributed by atoms with Gasteiger partial charge in [0.2, 0.25) is 0 Å². The van der Waals surface area contributed by atoms with Crippen LogP contribution >= 0.6 is 11.8 Å². The Morgan fingerprint density at radius 3 is 2.79 bits per heavy atom. The lowest BCUT2D eigenvalue weighted by Gasteiger charge is -2.07. The summed E-state index contributed by atoms with van der Waals surface area (Å²) >= 11 is 1.20. The molecule has 0 amide bonds. The normalized spacial score (nSPS) is 10.8. The van der Waals surface area contributed by atoms with Gasteiger partial charge in [-0.05, 0) is 32.0 Å². The number of carbonyl (C=O) groups excluding carboxylic acids is 1. The number of rotatable bonds is 6. The second-order valence-corrected chi connectivity index (χ2v) is 6.11. The average molecular weight is 344 g/mol.